The number of methoxy groups -OCH3 is 1. The van der Waals surface area contributed by atoms with E-state index in [0.717, 1.165) is 18.2 Å². The van der Waals surface area contributed by atoms with Gasteiger partial charge in [0, 0.05) is 30.6 Å². The molecule has 0 spiro atoms. The fourth-order valence-corrected chi connectivity index (χ4v) is 4.03. The summed E-state index contributed by atoms with van der Waals surface area (Å²) < 4.78 is 16.0. The number of nitrogens with zero attached hydrogens (tertiary/aromatic N) is 1. The standard InChI is InChI=1S/C22H27NO6/c1-4-9-22(21(26)27-3)10-12-23(13-11-22)20(25)15(2)28-17-7-5-16-6-8-19(24)29-18(16)14-17/h5-8,14-15H,4,9-13H2,1-3H3. The van der Waals surface area contributed by atoms with Crippen molar-refractivity contribution in [1.29, 1.82) is 0 Å². The van der Waals surface area contributed by atoms with Gasteiger partial charge in [-0.05, 0) is 44.4 Å². The van der Waals surface area contributed by atoms with E-state index in [0.29, 0.717) is 37.3 Å². The second-order valence-electron chi connectivity index (χ2n) is 7.56. The highest BCUT2D eigenvalue weighted by Crippen LogP contribution is 2.37. The van der Waals surface area contributed by atoms with Crippen LogP contribution in [0, 0.1) is 5.41 Å². The summed E-state index contributed by atoms with van der Waals surface area (Å²) in [5.41, 5.74) is -0.524. The zero-order chi connectivity index (χ0) is 21.0. The first-order chi connectivity index (χ1) is 13.9. The molecule has 0 aliphatic carbocycles. The van der Waals surface area contributed by atoms with Crippen LogP contribution in [0.1, 0.15) is 39.5 Å². The van der Waals surface area contributed by atoms with E-state index in [2.05, 4.69) is 0 Å². The average Bonchev–Trinajstić information content (AvgIpc) is 2.73. The average molecular weight is 401 g/mol. The van der Waals surface area contributed by atoms with E-state index in [4.69, 9.17) is 13.9 Å². The predicted octanol–water partition coefficient (Wildman–Crippen LogP) is 3.14. The highest BCUT2D eigenvalue weighted by Gasteiger charge is 2.43. The molecule has 1 aromatic heterocycles. The summed E-state index contributed by atoms with van der Waals surface area (Å²) in [5.74, 6) is 0.141. The SMILES string of the molecule is CCCC1(C(=O)OC)CCN(C(=O)C(C)Oc2ccc3ccc(=O)oc3c2)CC1. The molecule has 2 heterocycles. The molecular formula is C22H27NO6. The van der Waals surface area contributed by atoms with Gasteiger partial charge in [0.1, 0.15) is 11.3 Å². The summed E-state index contributed by atoms with van der Waals surface area (Å²) in [6, 6.07) is 8.17. The Bertz CT molecular complexity index is 942. The third-order valence-electron chi connectivity index (χ3n) is 5.63. The fraction of sp³-hybridized carbons (Fsp3) is 0.500. The molecule has 1 atom stereocenters. The Morgan fingerprint density at radius 2 is 1.90 bits per heavy atom. The van der Waals surface area contributed by atoms with Crippen molar-refractivity contribution >= 4 is 22.8 Å². The first-order valence-electron chi connectivity index (χ1n) is 9.96. The van der Waals surface area contributed by atoms with E-state index in [1.54, 1.807) is 36.1 Å². The van der Waals surface area contributed by atoms with E-state index in [1.165, 1.54) is 13.2 Å². The number of hydrogen-bond donors (Lipinski definition) is 0. The van der Waals surface area contributed by atoms with Crippen molar-refractivity contribution in [3.8, 4) is 5.75 Å². The second-order valence-corrected chi connectivity index (χ2v) is 7.56. The Morgan fingerprint density at radius 1 is 1.21 bits per heavy atom. The van der Waals surface area contributed by atoms with Crippen LogP contribution in [0.4, 0.5) is 0 Å². The number of ether oxygens (including phenoxy) is 2. The number of carbonyl (C=O) groups excluding carboxylic acids is 2. The van der Waals surface area contributed by atoms with Crippen molar-refractivity contribution < 1.29 is 23.5 Å². The molecule has 3 rings (SSSR count). The molecule has 1 aliphatic rings. The van der Waals surface area contributed by atoms with Crippen LogP contribution in [-0.4, -0.2) is 43.1 Å². The van der Waals surface area contributed by atoms with E-state index < -0.39 is 17.1 Å². The third kappa shape index (κ3) is 4.44. The molecule has 1 fully saturated rings. The van der Waals surface area contributed by atoms with Crippen LogP contribution in [-0.2, 0) is 14.3 Å². The maximum Gasteiger partial charge on any atom is 0.336 e. The number of fused-ring (bicyclic) bond motifs is 1. The predicted molar refractivity (Wildman–Crippen MR) is 108 cm³/mol. The van der Waals surface area contributed by atoms with Crippen LogP contribution in [0.5, 0.6) is 5.75 Å². The van der Waals surface area contributed by atoms with Crippen LogP contribution in [0.25, 0.3) is 11.0 Å². The zero-order valence-electron chi connectivity index (χ0n) is 17.1. The minimum Gasteiger partial charge on any atom is -0.481 e. The van der Waals surface area contributed by atoms with Gasteiger partial charge in [0.25, 0.3) is 5.91 Å². The highest BCUT2D eigenvalue weighted by atomic mass is 16.5. The summed E-state index contributed by atoms with van der Waals surface area (Å²) in [6.45, 7) is 4.73. The Hall–Kier alpha value is -2.83. The number of hydrogen-bond acceptors (Lipinski definition) is 6. The molecule has 2 aromatic rings. The highest BCUT2D eigenvalue weighted by molar-refractivity contribution is 5.82. The molecule has 1 saturated heterocycles. The number of rotatable bonds is 6. The Morgan fingerprint density at radius 3 is 2.55 bits per heavy atom. The number of benzene rings is 1. The molecule has 156 valence electrons. The van der Waals surface area contributed by atoms with E-state index in [1.807, 2.05) is 6.92 Å². The fourth-order valence-electron chi connectivity index (χ4n) is 4.03. The summed E-state index contributed by atoms with van der Waals surface area (Å²) in [4.78, 5) is 38.3. The number of likely N-dealkylation sites (tertiary alicyclic amines) is 1. The van der Waals surface area contributed by atoms with Gasteiger partial charge in [-0.1, -0.05) is 13.3 Å². The van der Waals surface area contributed by atoms with Gasteiger partial charge in [0.2, 0.25) is 0 Å². The van der Waals surface area contributed by atoms with Gasteiger partial charge >= 0.3 is 11.6 Å². The smallest absolute Gasteiger partial charge is 0.336 e. The normalized spacial score (nSPS) is 17.0. The van der Waals surface area contributed by atoms with Crippen molar-refractivity contribution in [3.63, 3.8) is 0 Å². The molecule has 29 heavy (non-hydrogen) atoms. The molecule has 0 bridgehead atoms. The van der Waals surface area contributed by atoms with Gasteiger partial charge in [-0.2, -0.15) is 0 Å². The first kappa shape index (κ1) is 20.9. The van der Waals surface area contributed by atoms with Crippen molar-refractivity contribution in [3.05, 3.63) is 40.8 Å². The van der Waals surface area contributed by atoms with Crippen LogP contribution in [0.2, 0.25) is 0 Å². The van der Waals surface area contributed by atoms with Crippen molar-refractivity contribution in [1.82, 2.24) is 4.90 Å². The van der Waals surface area contributed by atoms with E-state index in [-0.39, 0.29) is 11.9 Å². The lowest BCUT2D eigenvalue weighted by atomic mass is 9.75. The lowest BCUT2D eigenvalue weighted by Crippen LogP contribution is -2.50. The lowest BCUT2D eigenvalue weighted by molar-refractivity contribution is -0.159. The summed E-state index contributed by atoms with van der Waals surface area (Å²) in [5, 5.41) is 0.780. The molecule has 7 nitrogen and oxygen atoms in total. The summed E-state index contributed by atoms with van der Waals surface area (Å²) in [7, 11) is 1.42. The molecule has 0 saturated carbocycles. The zero-order valence-corrected chi connectivity index (χ0v) is 17.1. The van der Waals surface area contributed by atoms with Crippen LogP contribution in [0.15, 0.2) is 39.5 Å². The summed E-state index contributed by atoms with van der Waals surface area (Å²) >= 11 is 0. The van der Waals surface area contributed by atoms with Crippen molar-refractivity contribution in [2.75, 3.05) is 20.2 Å². The van der Waals surface area contributed by atoms with Crippen molar-refractivity contribution in [2.45, 2.75) is 45.6 Å². The lowest BCUT2D eigenvalue weighted by Gasteiger charge is -2.40. The molecule has 1 amide bonds. The molecule has 1 aromatic carbocycles. The molecule has 0 N–H and O–H groups in total. The molecule has 0 radical (unpaired) electrons. The quantitative estimate of drug-likeness (QED) is 0.546. The van der Waals surface area contributed by atoms with Gasteiger partial charge in [-0.15, -0.1) is 0 Å². The topological polar surface area (TPSA) is 86.0 Å². The van der Waals surface area contributed by atoms with Gasteiger partial charge in [0.05, 0.1) is 12.5 Å². The number of amides is 1. The van der Waals surface area contributed by atoms with Gasteiger partial charge < -0.3 is 18.8 Å². The minimum absolute atomic E-state index is 0.130. The largest absolute Gasteiger partial charge is 0.481 e. The Balaban J connectivity index is 1.65. The van der Waals surface area contributed by atoms with Crippen LogP contribution in [0.3, 0.4) is 0 Å². The third-order valence-corrected chi connectivity index (χ3v) is 5.63. The van der Waals surface area contributed by atoms with Gasteiger partial charge in [-0.3, -0.25) is 9.59 Å². The Kier molecular flexibility index (Phi) is 6.25. The summed E-state index contributed by atoms with van der Waals surface area (Å²) in [6.07, 6.45) is 2.14. The minimum atomic E-state index is -0.695. The van der Waals surface area contributed by atoms with Crippen LogP contribution < -0.4 is 10.4 Å². The first-order valence-corrected chi connectivity index (χ1v) is 9.96. The van der Waals surface area contributed by atoms with Crippen LogP contribution >= 0.6 is 0 Å². The number of piperidine rings is 1. The monoisotopic (exact) mass is 401 g/mol. The Labute approximate surface area is 169 Å². The van der Waals surface area contributed by atoms with Gasteiger partial charge in [-0.25, -0.2) is 4.79 Å². The molecule has 1 unspecified atom stereocenters. The molecular weight excluding hydrogens is 374 g/mol. The van der Waals surface area contributed by atoms with Gasteiger partial charge in [0.15, 0.2) is 6.10 Å². The second kappa shape index (κ2) is 8.68. The molecule has 7 heteroatoms. The van der Waals surface area contributed by atoms with E-state index >= 15 is 0 Å². The molecule has 1 aliphatic heterocycles. The van der Waals surface area contributed by atoms with Crippen molar-refractivity contribution in [2.24, 2.45) is 5.41 Å². The number of esters is 1. The number of carbonyl (C=O) groups is 2. The maximum absolute atomic E-state index is 12.8. The van der Waals surface area contributed by atoms with E-state index in [9.17, 15) is 14.4 Å². The maximum atomic E-state index is 12.8.